The molecule has 0 bridgehead atoms. The number of aryl methyl sites for hydroxylation is 1. The van der Waals surface area contributed by atoms with Gasteiger partial charge in [-0.3, -0.25) is 4.79 Å². The summed E-state index contributed by atoms with van der Waals surface area (Å²) in [6.45, 7) is 2.35. The van der Waals surface area contributed by atoms with Gasteiger partial charge in [0.2, 0.25) is 0 Å². The quantitative estimate of drug-likeness (QED) is 0.941. The Bertz CT molecular complexity index is 638. The van der Waals surface area contributed by atoms with Crippen molar-refractivity contribution < 1.29 is 4.74 Å². The second-order valence-electron chi connectivity index (χ2n) is 4.37. The predicted molar refractivity (Wildman–Crippen MR) is 77.3 cm³/mol. The molecule has 1 N–H and O–H groups in total. The van der Waals surface area contributed by atoms with E-state index in [2.05, 4.69) is 32.0 Å². The molecule has 5 heteroatoms. The second-order valence-corrected chi connectivity index (χ2v) is 5.17. The Hall–Kier alpha value is -1.46. The van der Waals surface area contributed by atoms with Gasteiger partial charge in [0.05, 0.1) is 12.3 Å². The summed E-state index contributed by atoms with van der Waals surface area (Å²) >= 11 is 3.23. The molecule has 0 amide bonds. The van der Waals surface area contributed by atoms with Gasteiger partial charge in [0, 0.05) is 13.5 Å². The number of nitrogens with one attached hydrogen (secondary N) is 1. The number of aromatic amines is 1. The van der Waals surface area contributed by atoms with Crippen LogP contribution in [-0.4, -0.2) is 17.1 Å². The van der Waals surface area contributed by atoms with Gasteiger partial charge < -0.3 is 9.72 Å². The molecule has 0 saturated carbocycles. The largest absolute Gasteiger partial charge is 0.378 e. The van der Waals surface area contributed by atoms with Crippen molar-refractivity contribution >= 4 is 15.9 Å². The zero-order chi connectivity index (χ0) is 13.8. The van der Waals surface area contributed by atoms with Gasteiger partial charge in [-0.2, -0.15) is 0 Å². The molecule has 0 spiro atoms. The molecule has 19 heavy (non-hydrogen) atoms. The lowest BCUT2D eigenvalue weighted by Crippen LogP contribution is -2.16. The Labute approximate surface area is 120 Å². The third kappa shape index (κ3) is 3.52. The minimum atomic E-state index is -0.176. The normalized spacial score (nSPS) is 10.7. The van der Waals surface area contributed by atoms with Gasteiger partial charge in [-0.05, 0) is 28.4 Å². The maximum atomic E-state index is 11.8. The predicted octanol–water partition coefficient (Wildman–Crippen LogP) is 2.58. The summed E-state index contributed by atoms with van der Waals surface area (Å²) in [7, 11) is 1.58. The molecular weight excluding hydrogens is 308 g/mol. The summed E-state index contributed by atoms with van der Waals surface area (Å²) < 4.78 is 5.48. The molecule has 0 saturated heterocycles. The van der Waals surface area contributed by atoms with E-state index in [1.165, 1.54) is 5.56 Å². The molecule has 100 valence electrons. The first-order chi connectivity index (χ1) is 9.10. The Morgan fingerprint density at radius 2 is 2.21 bits per heavy atom. The van der Waals surface area contributed by atoms with Gasteiger partial charge in [0.1, 0.15) is 10.3 Å². The van der Waals surface area contributed by atoms with Crippen LogP contribution in [0.3, 0.4) is 0 Å². The first-order valence-corrected chi connectivity index (χ1v) is 6.71. The van der Waals surface area contributed by atoms with Gasteiger partial charge in [0.15, 0.2) is 0 Å². The molecule has 2 rings (SSSR count). The number of ether oxygens (including phenoxy) is 1. The van der Waals surface area contributed by atoms with Crippen LogP contribution < -0.4 is 5.56 Å². The van der Waals surface area contributed by atoms with Crippen LogP contribution in [0.4, 0.5) is 0 Å². The lowest BCUT2D eigenvalue weighted by atomic mass is 10.1. The number of nitrogens with zero attached hydrogens (tertiary/aromatic N) is 1. The Kier molecular flexibility index (Phi) is 4.50. The van der Waals surface area contributed by atoms with E-state index in [4.69, 9.17) is 4.74 Å². The van der Waals surface area contributed by atoms with Gasteiger partial charge in [-0.1, -0.05) is 29.8 Å². The van der Waals surface area contributed by atoms with Crippen molar-refractivity contribution in [1.29, 1.82) is 0 Å². The number of H-pyrrole nitrogens is 1. The van der Waals surface area contributed by atoms with Crippen molar-refractivity contribution in [3.05, 3.63) is 61.7 Å². The lowest BCUT2D eigenvalue weighted by Gasteiger charge is -2.06. The molecule has 0 aliphatic rings. The fourth-order valence-corrected chi connectivity index (χ4v) is 2.19. The molecule has 0 atom stereocenters. The summed E-state index contributed by atoms with van der Waals surface area (Å²) in [5, 5.41) is 0. The fourth-order valence-electron chi connectivity index (χ4n) is 1.89. The number of hydrogen-bond donors (Lipinski definition) is 1. The van der Waals surface area contributed by atoms with Crippen molar-refractivity contribution in [2.24, 2.45) is 0 Å². The molecule has 2 aromatic rings. The first-order valence-electron chi connectivity index (χ1n) is 5.92. The van der Waals surface area contributed by atoms with E-state index in [1.807, 2.05) is 25.1 Å². The van der Waals surface area contributed by atoms with Gasteiger partial charge >= 0.3 is 0 Å². The average molecular weight is 323 g/mol. The monoisotopic (exact) mass is 322 g/mol. The molecule has 0 fully saturated rings. The van der Waals surface area contributed by atoms with Crippen molar-refractivity contribution in [2.45, 2.75) is 20.0 Å². The van der Waals surface area contributed by atoms with Crippen LogP contribution in [0.25, 0.3) is 0 Å². The van der Waals surface area contributed by atoms with Gasteiger partial charge in [-0.15, -0.1) is 0 Å². The Balaban J connectivity index is 2.33. The molecule has 0 radical (unpaired) electrons. The zero-order valence-electron chi connectivity index (χ0n) is 10.9. The van der Waals surface area contributed by atoms with E-state index < -0.39 is 0 Å². The average Bonchev–Trinajstić information content (AvgIpc) is 2.35. The standard InChI is InChI=1S/C14H15BrN2O2/c1-9-4-3-5-10(6-9)7-12-16-11(8-19-2)13(15)14(18)17-12/h3-6H,7-8H2,1-2H3,(H,16,17,18). The molecule has 1 heterocycles. The van der Waals surface area contributed by atoms with Crippen molar-refractivity contribution in [2.75, 3.05) is 7.11 Å². The van der Waals surface area contributed by atoms with Crippen LogP contribution >= 0.6 is 15.9 Å². The smallest absolute Gasteiger partial charge is 0.265 e. The molecule has 0 aliphatic carbocycles. The number of methoxy groups -OCH3 is 1. The fraction of sp³-hybridized carbons (Fsp3) is 0.286. The van der Waals surface area contributed by atoms with Crippen LogP contribution in [0.1, 0.15) is 22.6 Å². The van der Waals surface area contributed by atoms with E-state index in [0.717, 1.165) is 5.56 Å². The molecule has 1 aromatic carbocycles. The van der Waals surface area contributed by atoms with Crippen molar-refractivity contribution in [3.63, 3.8) is 0 Å². The van der Waals surface area contributed by atoms with Crippen LogP contribution in [0.5, 0.6) is 0 Å². The van der Waals surface area contributed by atoms with Crippen LogP contribution in [-0.2, 0) is 17.8 Å². The van der Waals surface area contributed by atoms with Gasteiger partial charge in [0.25, 0.3) is 5.56 Å². The molecular formula is C14H15BrN2O2. The molecule has 4 nitrogen and oxygen atoms in total. The third-order valence-corrected chi connectivity index (χ3v) is 3.53. The number of benzene rings is 1. The van der Waals surface area contributed by atoms with Crippen LogP contribution in [0, 0.1) is 6.92 Å². The summed E-state index contributed by atoms with van der Waals surface area (Å²) in [5.41, 5.74) is 2.75. The summed E-state index contributed by atoms with van der Waals surface area (Å²) in [6, 6.07) is 8.14. The number of aromatic nitrogens is 2. The minimum Gasteiger partial charge on any atom is -0.378 e. The molecule has 0 unspecified atom stereocenters. The Morgan fingerprint density at radius 1 is 1.42 bits per heavy atom. The number of hydrogen-bond acceptors (Lipinski definition) is 3. The van der Waals surface area contributed by atoms with E-state index in [1.54, 1.807) is 7.11 Å². The highest BCUT2D eigenvalue weighted by molar-refractivity contribution is 9.10. The summed E-state index contributed by atoms with van der Waals surface area (Å²) in [5.74, 6) is 0.644. The summed E-state index contributed by atoms with van der Waals surface area (Å²) in [6.07, 6.45) is 0.598. The molecule has 1 aromatic heterocycles. The number of halogens is 1. The van der Waals surface area contributed by atoms with E-state index >= 15 is 0 Å². The van der Waals surface area contributed by atoms with Crippen LogP contribution in [0.15, 0.2) is 33.5 Å². The highest BCUT2D eigenvalue weighted by Gasteiger charge is 2.09. The minimum absolute atomic E-state index is 0.176. The number of rotatable bonds is 4. The topological polar surface area (TPSA) is 55.0 Å². The van der Waals surface area contributed by atoms with E-state index in [-0.39, 0.29) is 5.56 Å². The van der Waals surface area contributed by atoms with Crippen molar-refractivity contribution in [3.8, 4) is 0 Å². The van der Waals surface area contributed by atoms with Crippen LogP contribution in [0.2, 0.25) is 0 Å². The maximum Gasteiger partial charge on any atom is 0.265 e. The van der Waals surface area contributed by atoms with Crippen molar-refractivity contribution in [1.82, 2.24) is 9.97 Å². The third-order valence-electron chi connectivity index (χ3n) is 2.72. The lowest BCUT2D eigenvalue weighted by molar-refractivity contribution is 0.180. The highest BCUT2D eigenvalue weighted by atomic mass is 79.9. The van der Waals surface area contributed by atoms with E-state index in [0.29, 0.717) is 29.0 Å². The summed E-state index contributed by atoms with van der Waals surface area (Å²) in [4.78, 5) is 19.0. The highest BCUT2D eigenvalue weighted by Crippen LogP contribution is 2.12. The second kappa shape index (κ2) is 6.12. The van der Waals surface area contributed by atoms with E-state index in [9.17, 15) is 4.79 Å². The SMILES string of the molecule is COCc1nc(Cc2cccc(C)c2)[nH]c(=O)c1Br. The zero-order valence-corrected chi connectivity index (χ0v) is 12.5. The Morgan fingerprint density at radius 3 is 2.89 bits per heavy atom. The van der Waals surface area contributed by atoms with Gasteiger partial charge in [-0.25, -0.2) is 4.98 Å². The maximum absolute atomic E-state index is 11.8. The first kappa shape index (κ1) is 14.0. The molecule has 0 aliphatic heterocycles.